The van der Waals surface area contributed by atoms with Gasteiger partial charge in [-0.3, -0.25) is 0 Å². The fourth-order valence-electron chi connectivity index (χ4n) is 3.47. The Morgan fingerprint density at radius 3 is 2.71 bits per heavy atom. The number of benzene rings is 1. The zero-order valence-electron chi connectivity index (χ0n) is 12.5. The predicted octanol–water partition coefficient (Wildman–Crippen LogP) is 3.56. The Labute approximate surface area is 135 Å². The van der Waals surface area contributed by atoms with Crippen molar-refractivity contribution in [3.05, 3.63) is 27.7 Å². The smallest absolute Gasteiger partial charge is 0.127 e. The second-order valence-corrected chi connectivity index (χ2v) is 7.31. The Bertz CT molecular complexity index is 496. The van der Waals surface area contributed by atoms with Gasteiger partial charge in [0.2, 0.25) is 0 Å². The first-order valence-electron chi connectivity index (χ1n) is 8.03. The Hall–Kier alpha value is -0.580. The van der Waals surface area contributed by atoms with Gasteiger partial charge in [0.1, 0.15) is 5.75 Å². The number of ether oxygens (including phenoxy) is 1. The first kappa shape index (κ1) is 15.3. The minimum absolute atomic E-state index is 0.521. The Kier molecular flexibility index (Phi) is 4.87. The number of aliphatic hydroxyl groups is 1. The molecule has 3 rings (SSSR count). The van der Waals surface area contributed by atoms with E-state index in [1.54, 1.807) is 0 Å². The highest BCUT2D eigenvalue weighted by molar-refractivity contribution is 9.10. The van der Waals surface area contributed by atoms with Crippen molar-refractivity contribution >= 4 is 15.9 Å². The van der Waals surface area contributed by atoms with Crippen molar-refractivity contribution < 1.29 is 9.84 Å². The van der Waals surface area contributed by atoms with Crippen LogP contribution in [0.15, 0.2) is 16.6 Å². The molecule has 0 radical (unpaired) electrons. The Morgan fingerprint density at radius 2 is 1.95 bits per heavy atom. The third kappa shape index (κ3) is 3.79. The van der Waals surface area contributed by atoms with Crippen LogP contribution in [0.3, 0.4) is 0 Å². The molecule has 116 valence electrons. The van der Waals surface area contributed by atoms with Crippen molar-refractivity contribution in [3.63, 3.8) is 0 Å². The van der Waals surface area contributed by atoms with Crippen LogP contribution in [0.4, 0.5) is 0 Å². The lowest BCUT2D eigenvalue weighted by Gasteiger charge is -2.27. The molecule has 3 nitrogen and oxygen atoms in total. The molecule has 1 aliphatic carbocycles. The van der Waals surface area contributed by atoms with Crippen LogP contribution >= 0.6 is 15.9 Å². The van der Waals surface area contributed by atoms with Crippen LogP contribution in [-0.2, 0) is 13.0 Å². The summed E-state index contributed by atoms with van der Waals surface area (Å²) in [5.41, 5.74) is 1.95. The predicted molar refractivity (Wildman–Crippen MR) is 87.7 cm³/mol. The maximum atomic E-state index is 10.7. The molecule has 0 amide bonds. The molecule has 2 aliphatic rings. The number of hydrogen-bond donors (Lipinski definition) is 2. The summed E-state index contributed by atoms with van der Waals surface area (Å²) in [4.78, 5) is 0. The van der Waals surface area contributed by atoms with E-state index >= 15 is 0 Å². The number of rotatable bonds is 4. The molecule has 21 heavy (non-hydrogen) atoms. The van der Waals surface area contributed by atoms with Crippen molar-refractivity contribution in [3.8, 4) is 5.75 Å². The van der Waals surface area contributed by atoms with Gasteiger partial charge in [-0.15, -0.1) is 0 Å². The number of hydrogen-bond acceptors (Lipinski definition) is 3. The molecule has 2 N–H and O–H groups in total. The van der Waals surface area contributed by atoms with E-state index < -0.39 is 5.60 Å². The normalized spacial score (nSPS) is 20.7. The highest BCUT2D eigenvalue weighted by atomic mass is 79.9. The maximum Gasteiger partial charge on any atom is 0.127 e. The molecule has 1 aromatic carbocycles. The first-order valence-corrected chi connectivity index (χ1v) is 8.83. The third-order valence-corrected chi connectivity index (χ3v) is 5.09. The Balaban J connectivity index is 1.60. The van der Waals surface area contributed by atoms with Crippen LogP contribution < -0.4 is 10.1 Å². The standard InChI is InChI=1S/C17H24BrNO2/c18-15-9-13-5-8-21-16(13)14(10-15)11-19-12-17(20)6-3-1-2-4-7-17/h9-10,19-20H,1-8,11-12H2. The lowest BCUT2D eigenvalue weighted by molar-refractivity contribution is 0.0250. The summed E-state index contributed by atoms with van der Waals surface area (Å²) < 4.78 is 6.86. The van der Waals surface area contributed by atoms with Gasteiger partial charge in [0.15, 0.2) is 0 Å². The molecule has 1 saturated carbocycles. The fraction of sp³-hybridized carbons (Fsp3) is 0.647. The SMILES string of the molecule is OC1(CNCc2cc(Br)cc3c2OCC3)CCCCCC1. The van der Waals surface area contributed by atoms with Crippen molar-refractivity contribution in [2.24, 2.45) is 0 Å². The van der Waals surface area contributed by atoms with E-state index in [0.717, 1.165) is 55.5 Å². The summed E-state index contributed by atoms with van der Waals surface area (Å²) in [6.45, 7) is 2.21. The molecule has 4 heteroatoms. The lowest BCUT2D eigenvalue weighted by Crippen LogP contribution is -2.39. The molecule has 0 bridgehead atoms. The van der Waals surface area contributed by atoms with Crippen LogP contribution in [0.5, 0.6) is 5.75 Å². The molecular formula is C17H24BrNO2. The van der Waals surface area contributed by atoms with Gasteiger partial charge < -0.3 is 15.2 Å². The van der Waals surface area contributed by atoms with Crippen molar-refractivity contribution in [1.82, 2.24) is 5.32 Å². The van der Waals surface area contributed by atoms with Gasteiger partial charge in [0, 0.05) is 29.5 Å². The van der Waals surface area contributed by atoms with Crippen molar-refractivity contribution in [2.45, 2.75) is 57.1 Å². The summed E-state index contributed by atoms with van der Waals surface area (Å²) in [6, 6.07) is 4.26. The van der Waals surface area contributed by atoms with E-state index in [2.05, 4.69) is 33.4 Å². The van der Waals surface area contributed by atoms with Gasteiger partial charge in [0.25, 0.3) is 0 Å². The lowest BCUT2D eigenvalue weighted by atomic mass is 9.94. The van der Waals surface area contributed by atoms with E-state index in [0.29, 0.717) is 6.54 Å². The highest BCUT2D eigenvalue weighted by Gasteiger charge is 2.27. The molecule has 1 aromatic rings. The quantitative estimate of drug-likeness (QED) is 0.813. The number of halogens is 1. The molecule has 0 saturated heterocycles. The molecule has 1 aliphatic heterocycles. The second kappa shape index (κ2) is 6.67. The van der Waals surface area contributed by atoms with Gasteiger partial charge in [-0.05, 0) is 30.5 Å². The molecule has 0 atom stereocenters. The van der Waals surface area contributed by atoms with Gasteiger partial charge >= 0.3 is 0 Å². The van der Waals surface area contributed by atoms with E-state index in [1.165, 1.54) is 24.0 Å². The topological polar surface area (TPSA) is 41.5 Å². The van der Waals surface area contributed by atoms with Crippen molar-refractivity contribution in [1.29, 1.82) is 0 Å². The van der Waals surface area contributed by atoms with Crippen LogP contribution in [0, 0.1) is 0 Å². The van der Waals surface area contributed by atoms with Crippen LogP contribution in [0.2, 0.25) is 0 Å². The molecule has 0 unspecified atom stereocenters. The zero-order chi connectivity index (χ0) is 14.7. The van der Waals surface area contributed by atoms with Gasteiger partial charge in [0.05, 0.1) is 12.2 Å². The van der Waals surface area contributed by atoms with E-state index in [4.69, 9.17) is 4.74 Å². The molecule has 0 aromatic heterocycles. The van der Waals surface area contributed by atoms with E-state index in [1.807, 2.05) is 0 Å². The van der Waals surface area contributed by atoms with Gasteiger partial charge in [-0.25, -0.2) is 0 Å². The van der Waals surface area contributed by atoms with Gasteiger partial charge in [-0.2, -0.15) is 0 Å². The largest absolute Gasteiger partial charge is 0.493 e. The minimum atomic E-state index is -0.521. The summed E-state index contributed by atoms with van der Waals surface area (Å²) in [6.07, 6.45) is 7.65. The Morgan fingerprint density at radius 1 is 1.19 bits per heavy atom. The average molecular weight is 354 g/mol. The third-order valence-electron chi connectivity index (χ3n) is 4.63. The maximum absolute atomic E-state index is 10.7. The average Bonchev–Trinajstić information content (AvgIpc) is 2.80. The van der Waals surface area contributed by atoms with Crippen LogP contribution in [0.1, 0.15) is 49.7 Å². The molecular weight excluding hydrogens is 330 g/mol. The second-order valence-electron chi connectivity index (χ2n) is 6.39. The summed E-state index contributed by atoms with van der Waals surface area (Å²) in [5.74, 6) is 1.04. The first-order chi connectivity index (χ1) is 10.2. The van der Waals surface area contributed by atoms with Crippen molar-refractivity contribution in [2.75, 3.05) is 13.2 Å². The fourth-order valence-corrected chi connectivity index (χ4v) is 4.02. The summed E-state index contributed by atoms with van der Waals surface area (Å²) in [5, 5.41) is 14.1. The van der Waals surface area contributed by atoms with E-state index in [-0.39, 0.29) is 0 Å². The number of nitrogens with one attached hydrogen (secondary N) is 1. The molecule has 0 spiro atoms. The minimum Gasteiger partial charge on any atom is -0.493 e. The highest BCUT2D eigenvalue weighted by Crippen LogP contribution is 2.33. The summed E-state index contributed by atoms with van der Waals surface area (Å²) in [7, 11) is 0. The monoisotopic (exact) mass is 353 g/mol. The van der Waals surface area contributed by atoms with Crippen LogP contribution in [0.25, 0.3) is 0 Å². The molecule has 1 heterocycles. The van der Waals surface area contributed by atoms with Crippen LogP contribution in [-0.4, -0.2) is 23.9 Å². The van der Waals surface area contributed by atoms with Gasteiger partial charge in [-0.1, -0.05) is 41.6 Å². The molecule has 1 fully saturated rings. The zero-order valence-corrected chi connectivity index (χ0v) is 14.0. The number of fused-ring (bicyclic) bond motifs is 1. The summed E-state index contributed by atoms with van der Waals surface area (Å²) >= 11 is 3.57. The van der Waals surface area contributed by atoms with E-state index in [9.17, 15) is 5.11 Å².